The van der Waals surface area contributed by atoms with Gasteiger partial charge in [0.25, 0.3) is 0 Å². The van der Waals surface area contributed by atoms with Crippen LogP contribution in [0.1, 0.15) is 6.42 Å². The first-order valence-corrected chi connectivity index (χ1v) is 3.07. The van der Waals surface area contributed by atoms with Crippen LogP contribution in [0.25, 0.3) is 10.4 Å². The van der Waals surface area contributed by atoms with Crippen molar-refractivity contribution in [1.82, 2.24) is 5.06 Å². The van der Waals surface area contributed by atoms with Gasteiger partial charge in [0.1, 0.15) is 0 Å². The molecule has 5 heteroatoms. The van der Waals surface area contributed by atoms with Crippen molar-refractivity contribution in [3.8, 4) is 0 Å². The lowest BCUT2D eigenvalue weighted by molar-refractivity contribution is -0.108. The van der Waals surface area contributed by atoms with Crippen molar-refractivity contribution in [2.24, 2.45) is 5.11 Å². The SMILES string of the molecule is CON(C)CCCN=[N+]=[N-]. The highest BCUT2D eigenvalue weighted by Crippen LogP contribution is 1.87. The summed E-state index contributed by atoms with van der Waals surface area (Å²) in [5.41, 5.74) is 7.90. The third-order valence-electron chi connectivity index (χ3n) is 1.11. The van der Waals surface area contributed by atoms with Gasteiger partial charge in [0.15, 0.2) is 0 Å². The van der Waals surface area contributed by atoms with Gasteiger partial charge in [-0.2, -0.15) is 5.06 Å². The van der Waals surface area contributed by atoms with Gasteiger partial charge in [-0.25, -0.2) is 0 Å². The van der Waals surface area contributed by atoms with E-state index in [1.54, 1.807) is 12.2 Å². The fourth-order valence-corrected chi connectivity index (χ4v) is 0.500. The zero-order chi connectivity index (χ0) is 7.82. The Bertz CT molecular complexity index is 121. The van der Waals surface area contributed by atoms with Crippen LogP contribution in [0, 0.1) is 0 Å². The number of hydrogen-bond donors (Lipinski definition) is 0. The number of hydrogen-bond acceptors (Lipinski definition) is 3. The van der Waals surface area contributed by atoms with Gasteiger partial charge in [-0.05, 0) is 12.0 Å². The Kier molecular flexibility index (Phi) is 5.86. The van der Waals surface area contributed by atoms with Crippen LogP contribution < -0.4 is 0 Å². The maximum Gasteiger partial charge on any atom is 0.0575 e. The number of rotatable bonds is 5. The molecule has 0 aromatic rings. The molecule has 0 atom stereocenters. The minimum absolute atomic E-state index is 0.532. The molecule has 0 rings (SSSR count). The molecule has 0 amide bonds. The smallest absolute Gasteiger partial charge is 0.0575 e. The van der Waals surface area contributed by atoms with Crippen LogP contribution in [0.2, 0.25) is 0 Å². The number of hydroxylamine groups is 2. The van der Waals surface area contributed by atoms with Crippen molar-refractivity contribution in [3.05, 3.63) is 10.4 Å². The van der Waals surface area contributed by atoms with Crippen LogP contribution in [-0.4, -0.2) is 32.3 Å². The van der Waals surface area contributed by atoms with Crippen molar-refractivity contribution in [2.75, 3.05) is 27.2 Å². The van der Waals surface area contributed by atoms with Crippen LogP contribution in [0.3, 0.4) is 0 Å². The third kappa shape index (κ3) is 5.37. The van der Waals surface area contributed by atoms with Gasteiger partial charge in [0.2, 0.25) is 0 Å². The molecule has 0 bridgehead atoms. The van der Waals surface area contributed by atoms with E-state index in [0.29, 0.717) is 6.54 Å². The fraction of sp³-hybridized carbons (Fsp3) is 1.00. The average molecular weight is 144 g/mol. The van der Waals surface area contributed by atoms with Crippen molar-refractivity contribution >= 4 is 0 Å². The zero-order valence-corrected chi connectivity index (χ0v) is 6.32. The molecular weight excluding hydrogens is 132 g/mol. The average Bonchev–Trinajstić information content (AvgIpc) is 1.98. The summed E-state index contributed by atoms with van der Waals surface area (Å²) in [6.07, 6.45) is 0.828. The third-order valence-corrected chi connectivity index (χ3v) is 1.11. The molecule has 0 fully saturated rings. The summed E-state index contributed by atoms with van der Waals surface area (Å²) in [6.45, 7) is 1.32. The Balaban J connectivity index is 3.10. The van der Waals surface area contributed by atoms with Gasteiger partial charge in [-0.1, -0.05) is 5.11 Å². The van der Waals surface area contributed by atoms with Crippen molar-refractivity contribution in [1.29, 1.82) is 0 Å². The molecular formula is C5H12N4O. The minimum atomic E-state index is 0.532. The van der Waals surface area contributed by atoms with Gasteiger partial charge in [0.05, 0.1) is 7.11 Å². The van der Waals surface area contributed by atoms with E-state index < -0.39 is 0 Å². The zero-order valence-electron chi connectivity index (χ0n) is 6.32. The molecule has 0 aliphatic rings. The molecule has 58 valence electrons. The van der Waals surface area contributed by atoms with Crippen LogP contribution >= 0.6 is 0 Å². The fourth-order valence-electron chi connectivity index (χ4n) is 0.500. The summed E-state index contributed by atoms with van der Waals surface area (Å²) in [6, 6.07) is 0. The second kappa shape index (κ2) is 6.35. The Morgan fingerprint density at radius 1 is 1.70 bits per heavy atom. The standard InChI is InChI=1S/C5H12N4O/c1-9(10-2)5-3-4-7-8-6/h3-5H2,1-2H3. The topological polar surface area (TPSA) is 61.2 Å². The first-order valence-electron chi connectivity index (χ1n) is 3.07. The van der Waals surface area contributed by atoms with E-state index in [9.17, 15) is 0 Å². The quantitative estimate of drug-likeness (QED) is 0.191. The summed E-state index contributed by atoms with van der Waals surface area (Å²) in [5, 5.41) is 5.06. The summed E-state index contributed by atoms with van der Waals surface area (Å²) >= 11 is 0. The van der Waals surface area contributed by atoms with Crippen LogP contribution in [-0.2, 0) is 4.84 Å². The lowest BCUT2D eigenvalue weighted by Gasteiger charge is -2.11. The number of nitrogens with zero attached hydrogens (tertiary/aromatic N) is 4. The van der Waals surface area contributed by atoms with Crippen molar-refractivity contribution < 1.29 is 4.84 Å². The Morgan fingerprint density at radius 3 is 2.90 bits per heavy atom. The summed E-state index contributed by atoms with van der Waals surface area (Å²) < 4.78 is 0. The summed E-state index contributed by atoms with van der Waals surface area (Å²) in [7, 11) is 3.43. The molecule has 0 saturated carbocycles. The van der Waals surface area contributed by atoms with Crippen LogP contribution in [0.15, 0.2) is 5.11 Å². The first-order chi connectivity index (χ1) is 4.81. The maximum absolute atomic E-state index is 7.90. The molecule has 0 N–H and O–H groups in total. The predicted molar refractivity (Wildman–Crippen MR) is 38.3 cm³/mol. The van der Waals surface area contributed by atoms with E-state index in [4.69, 9.17) is 10.4 Å². The molecule has 0 spiro atoms. The second-order valence-corrected chi connectivity index (χ2v) is 1.84. The second-order valence-electron chi connectivity index (χ2n) is 1.84. The highest BCUT2D eigenvalue weighted by Gasteiger charge is 1.91. The Labute approximate surface area is 60.2 Å². The molecule has 5 nitrogen and oxygen atoms in total. The molecule has 0 aliphatic heterocycles. The van der Waals surface area contributed by atoms with Gasteiger partial charge in [-0.3, -0.25) is 0 Å². The lowest BCUT2D eigenvalue weighted by Crippen LogP contribution is -2.18. The van der Waals surface area contributed by atoms with Crippen molar-refractivity contribution in [3.63, 3.8) is 0 Å². The van der Waals surface area contributed by atoms with E-state index in [0.717, 1.165) is 13.0 Å². The van der Waals surface area contributed by atoms with E-state index in [-0.39, 0.29) is 0 Å². The summed E-state index contributed by atoms with van der Waals surface area (Å²) in [5.74, 6) is 0. The summed E-state index contributed by atoms with van der Waals surface area (Å²) in [4.78, 5) is 7.45. The van der Waals surface area contributed by atoms with Gasteiger partial charge < -0.3 is 4.84 Å². The van der Waals surface area contributed by atoms with E-state index >= 15 is 0 Å². The van der Waals surface area contributed by atoms with Gasteiger partial charge in [0, 0.05) is 25.0 Å². The van der Waals surface area contributed by atoms with Crippen LogP contribution in [0.4, 0.5) is 0 Å². The Morgan fingerprint density at radius 2 is 2.40 bits per heavy atom. The van der Waals surface area contributed by atoms with E-state index in [2.05, 4.69) is 10.0 Å². The molecule has 10 heavy (non-hydrogen) atoms. The molecule has 0 aliphatic carbocycles. The monoisotopic (exact) mass is 144 g/mol. The first kappa shape index (κ1) is 9.23. The molecule has 0 aromatic carbocycles. The van der Waals surface area contributed by atoms with E-state index in [1.807, 2.05) is 7.05 Å². The lowest BCUT2D eigenvalue weighted by atomic mass is 10.4. The van der Waals surface area contributed by atoms with Crippen LogP contribution in [0.5, 0.6) is 0 Å². The highest BCUT2D eigenvalue weighted by atomic mass is 16.7. The van der Waals surface area contributed by atoms with E-state index in [1.165, 1.54) is 0 Å². The molecule has 0 saturated heterocycles. The highest BCUT2D eigenvalue weighted by molar-refractivity contribution is 4.47. The molecule has 0 unspecified atom stereocenters. The minimum Gasteiger partial charge on any atom is -0.303 e. The molecule has 0 aromatic heterocycles. The van der Waals surface area contributed by atoms with Gasteiger partial charge >= 0.3 is 0 Å². The van der Waals surface area contributed by atoms with Crippen molar-refractivity contribution in [2.45, 2.75) is 6.42 Å². The molecule has 0 radical (unpaired) electrons. The number of azide groups is 1. The predicted octanol–water partition coefficient (Wildman–Crippen LogP) is 1.18. The maximum atomic E-state index is 7.90. The van der Waals surface area contributed by atoms with Gasteiger partial charge in [-0.15, -0.1) is 0 Å². The largest absolute Gasteiger partial charge is 0.303 e. The normalized spacial score (nSPS) is 9.50. The molecule has 0 heterocycles. The Hall–Kier alpha value is -0.770.